The summed E-state index contributed by atoms with van der Waals surface area (Å²) in [5.41, 5.74) is 4.27. The highest BCUT2D eigenvalue weighted by Gasteiger charge is 2.16. The molecule has 1 aliphatic heterocycles. The van der Waals surface area contributed by atoms with Gasteiger partial charge in [0.15, 0.2) is 0 Å². The second kappa shape index (κ2) is 9.26. The lowest BCUT2D eigenvalue weighted by molar-refractivity contribution is -0.130. The number of carbonyl (C=O) groups excluding carboxylic acids is 2. The summed E-state index contributed by atoms with van der Waals surface area (Å²) in [7, 11) is 0. The molecule has 5 nitrogen and oxygen atoms in total. The van der Waals surface area contributed by atoms with Gasteiger partial charge in [-0.1, -0.05) is 20.3 Å². The average Bonchev–Trinajstić information content (AvgIpc) is 2.90. The van der Waals surface area contributed by atoms with Gasteiger partial charge in [-0.3, -0.25) is 9.59 Å². The normalized spacial score (nSPS) is 15.3. The number of aryl methyl sites for hydroxylation is 1. The Morgan fingerprint density at radius 3 is 2.86 bits per heavy atom. The van der Waals surface area contributed by atoms with Crippen molar-refractivity contribution in [2.75, 3.05) is 19.6 Å². The van der Waals surface area contributed by atoms with Crippen molar-refractivity contribution < 1.29 is 14.0 Å². The minimum atomic E-state index is -0.00318. The van der Waals surface area contributed by atoms with Crippen LogP contribution in [0.15, 0.2) is 22.8 Å². The zero-order valence-corrected chi connectivity index (χ0v) is 17.3. The Morgan fingerprint density at radius 1 is 1.25 bits per heavy atom. The van der Waals surface area contributed by atoms with Crippen molar-refractivity contribution in [1.82, 2.24) is 10.2 Å². The first-order chi connectivity index (χ1) is 13.5. The Hall–Kier alpha value is -2.30. The lowest BCUT2D eigenvalue weighted by Gasteiger charge is -2.20. The summed E-state index contributed by atoms with van der Waals surface area (Å²) in [4.78, 5) is 26.3. The fourth-order valence-corrected chi connectivity index (χ4v) is 4.01. The molecule has 1 saturated heterocycles. The lowest BCUT2D eigenvalue weighted by Crippen LogP contribution is -2.34. The van der Waals surface area contributed by atoms with Crippen LogP contribution in [0.5, 0.6) is 0 Å². The molecule has 0 bridgehead atoms. The Labute approximate surface area is 167 Å². The van der Waals surface area contributed by atoms with E-state index in [0.29, 0.717) is 25.3 Å². The molecule has 0 aliphatic carbocycles. The summed E-state index contributed by atoms with van der Waals surface area (Å²) >= 11 is 0. The van der Waals surface area contributed by atoms with Crippen LogP contribution in [-0.2, 0) is 16.0 Å². The van der Waals surface area contributed by atoms with Crippen LogP contribution >= 0.6 is 0 Å². The Morgan fingerprint density at radius 2 is 2.07 bits per heavy atom. The number of hydrogen-bond donors (Lipinski definition) is 1. The van der Waals surface area contributed by atoms with Crippen molar-refractivity contribution in [3.8, 4) is 0 Å². The summed E-state index contributed by atoms with van der Waals surface area (Å²) in [6, 6.07) is 4.22. The maximum atomic E-state index is 12.4. The molecule has 1 fully saturated rings. The number of amides is 2. The number of nitrogens with one attached hydrogen (secondary N) is 1. The highest BCUT2D eigenvalue weighted by atomic mass is 16.3. The minimum absolute atomic E-state index is 0.00318. The molecular formula is C23H32N2O3. The molecule has 2 aromatic rings. The van der Waals surface area contributed by atoms with Crippen molar-refractivity contribution in [3.05, 3.63) is 35.1 Å². The van der Waals surface area contributed by atoms with Crippen LogP contribution in [-0.4, -0.2) is 36.3 Å². The van der Waals surface area contributed by atoms with Crippen LogP contribution in [0.1, 0.15) is 68.6 Å². The Bertz CT molecular complexity index is 838. The van der Waals surface area contributed by atoms with E-state index in [9.17, 15) is 9.59 Å². The molecule has 2 amide bonds. The van der Waals surface area contributed by atoms with Crippen molar-refractivity contribution in [2.24, 2.45) is 0 Å². The highest BCUT2D eigenvalue weighted by molar-refractivity contribution is 5.88. The van der Waals surface area contributed by atoms with Gasteiger partial charge in [0.1, 0.15) is 5.58 Å². The number of hydrogen-bond acceptors (Lipinski definition) is 3. The molecule has 0 spiro atoms. The molecular weight excluding hydrogens is 352 g/mol. The summed E-state index contributed by atoms with van der Waals surface area (Å²) < 4.78 is 5.67. The average molecular weight is 385 g/mol. The van der Waals surface area contributed by atoms with E-state index in [2.05, 4.69) is 38.2 Å². The second-order valence-electron chi connectivity index (χ2n) is 8.19. The zero-order valence-electron chi connectivity index (χ0n) is 17.3. The van der Waals surface area contributed by atoms with E-state index in [-0.39, 0.29) is 11.8 Å². The summed E-state index contributed by atoms with van der Waals surface area (Å²) in [5.74, 6) is 0.684. The predicted octanol–water partition coefficient (Wildman–Crippen LogP) is 4.32. The largest absolute Gasteiger partial charge is 0.464 e. The van der Waals surface area contributed by atoms with E-state index in [1.54, 1.807) is 6.26 Å². The standard InChI is InChI=1S/C23H32N2O3/c1-16(2)19-14-20-18(15-28-21(20)12-17(19)3)13-22(26)24-9-7-11-25-10-6-4-5-8-23(25)27/h12,14-16H,4-11,13H2,1-3H3,(H,24,26). The molecule has 0 atom stereocenters. The molecule has 0 unspecified atom stereocenters. The monoisotopic (exact) mass is 384 g/mol. The smallest absolute Gasteiger partial charge is 0.224 e. The number of rotatable bonds is 7. The predicted molar refractivity (Wildman–Crippen MR) is 111 cm³/mol. The Balaban J connectivity index is 1.52. The van der Waals surface area contributed by atoms with Gasteiger partial charge in [-0.25, -0.2) is 0 Å². The number of benzene rings is 1. The van der Waals surface area contributed by atoms with E-state index in [1.165, 1.54) is 11.1 Å². The number of carbonyl (C=O) groups is 2. The van der Waals surface area contributed by atoms with Crippen molar-refractivity contribution in [3.63, 3.8) is 0 Å². The zero-order chi connectivity index (χ0) is 20.1. The molecule has 28 heavy (non-hydrogen) atoms. The van der Waals surface area contributed by atoms with E-state index < -0.39 is 0 Å². The molecule has 2 heterocycles. The fourth-order valence-electron chi connectivity index (χ4n) is 4.01. The number of likely N-dealkylation sites (tertiary alicyclic amines) is 1. The topological polar surface area (TPSA) is 62.6 Å². The summed E-state index contributed by atoms with van der Waals surface area (Å²) in [5, 5.41) is 4.01. The number of fused-ring (bicyclic) bond motifs is 1. The van der Waals surface area contributed by atoms with Gasteiger partial charge in [-0.15, -0.1) is 0 Å². The van der Waals surface area contributed by atoms with Gasteiger partial charge in [0.05, 0.1) is 12.7 Å². The van der Waals surface area contributed by atoms with Gasteiger partial charge in [0, 0.05) is 37.0 Å². The van der Waals surface area contributed by atoms with Crippen LogP contribution in [0.2, 0.25) is 0 Å². The van der Waals surface area contributed by atoms with E-state index in [0.717, 1.165) is 55.3 Å². The van der Waals surface area contributed by atoms with Crippen molar-refractivity contribution >= 4 is 22.8 Å². The first kappa shape index (κ1) is 20.4. The van der Waals surface area contributed by atoms with E-state index in [4.69, 9.17) is 4.42 Å². The maximum absolute atomic E-state index is 12.4. The third-order valence-corrected chi connectivity index (χ3v) is 5.61. The molecule has 1 aliphatic rings. The van der Waals surface area contributed by atoms with Crippen LogP contribution in [0.4, 0.5) is 0 Å². The fraction of sp³-hybridized carbons (Fsp3) is 0.565. The lowest BCUT2D eigenvalue weighted by atomic mass is 9.95. The summed E-state index contributed by atoms with van der Waals surface area (Å²) in [6.07, 6.45) is 6.69. The molecule has 5 heteroatoms. The van der Waals surface area contributed by atoms with E-state index >= 15 is 0 Å². The molecule has 3 rings (SSSR count). The van der Waals surface area contributed by atoms with Gasteiger partial charge in [0.2, 0.25) is 11.8 Å². The van der Waals surface area contributed by atoms with Crippen molar-refractivity contribution in [2.45, 2.75) is 65.2 Å². The molecule has 1 aromatic carbocycles. The molecule has 0 radical (unpaired) electrons. The molecule has 1 N–H and O–H groups in total. The SMILES string of the molecule is Cc1cc2occ(CC(=O)NCCCN3CCCCCC3=O)c2cc1C(C)C. The first-order valence-corrected chi connectivity index (χ1v) is 10.5. The van der Waals surface area contributed by atoms with Crippen LogP contribution < -0.4 is 5.32 Å². The summed E-state index contributed by atoms with van der Waals surface area (Å²) in [6.45, 7) is 8.62. The number of nitrogens with zero attached hydrogens (tertiary/aromatic N) is 1. The Kier molecular flexibility index (Phi) is 6.76. The second-order valence-corrected chi connectivity index (χ2v) is 8.19. The van der Waals surface area contributed by atoms with E-state index in [1.807, 2.05) is 4.90 Å². The first-order valence-electron chi connectivity index (χ1n) is 10.5. The maximum Gasteiger partial charge on any atom is 0.224 e. The van der Waals surface area contributed by atoms with Crippen LogP contribution in [0.25, 0.3) is 11.0 Å². The quantitative estimate of drug-likeness (QED) is 0.723. The highest BCUT2D eigenvalue weighted by Crippen LogP contribution is 2.29. The van der Waals surface area contributed by atoms with Gasteiger partial charge >= 0.3 is 0 Å². The van der Waals surface area contributed by atoms with Crippen LogP contribution in [0.3, 0.4) is 0 Å². The molecule has 0 saturated carbocycles. The third-order valence-electron chi connectivity index (χ3n) is 5.61. The van der Waals surface area contributed by atoms with Gasteiger partial charge in [-0.2, -0.15) is 0 Å². The minimum Gasteiger partial charge on any atom is -0.464 e. The third kappa shape index (κ3) is 4.94. The molecule has 152 valence electrons. The van der Waals surface area contributed by atoms with Crippen LogP contribution in [0, 0.1) is 6.92 Å². The van der Waals surface area contributed by atoms with Gasteiger partial charge in [-0.05, 0) is 55.4 Å². The van der Waals surface area contributed by atoms with Crippen molar-refractivity contribution in [1.29, 1.82) is 0 Å². The number of furan rings is 1. The van der Waals surface area contributed by atoms with Gasteiger partial charge < -0.3 is 14.6 Å². The molecule has 1 aromatic heterocycles. The van der Waals surface area contributed by atoms with Gasteiger partial charge in [0.25, 0.3) is 0 Å².